The molecule has 134 valence electrons. The number of fused-ring (bicyclic) bond motifs is 1. The maximum atomic E-state index is 11.8. The molecule has 2 heterocycles. The van der Waals surface area contributed by atoms with Crippen molar-refractivity contribution < 1.29 is 4.79 Å². The van der Waals surface area contributed by atoms with Gasteiger partial charge in [0.05, 0.1) is 6.54 Å². The summed E-state index contributed by atoms with van der Waals surface area (Å²) in [5, 5.41) is 11.1. The maximum absolute atomic E-state index is 11.8. The monoisotopic (exact) mass is 353 g/mol. The number of hydrogen-bond acceptors (Lipinski definition) is 5. The molecule has 1 aromatic heterocycles. The molecule has 0 saturated heterocycles. The number of carbonyl (C=O) groups excluding carboxylic acids is 1. The van der Waals surface area contributed by atoms with E-state index < -0.39 is 0 Å². The van der Waals surface area contributed by atoms with Gasteiger partial charge in [0.2, 0.25) is 5.91 Å². The Hall–Kier alpha value is -1.77. The number of aryl methyl sites for hydroxylation is 2. The highest BCUT2D eigenvalue weighted by Crippen LogP contribution is 2.12. The quantitative estimate of drug-likeness (QED) is 0.421. The van der Waals surface area contributed by atoms with Crippen LogP contribution in [0.2, 0.25) is 0 Å². The normalized spacial score (nSPS) is 17.3. The summed E-state index contributed by atoms with van der Waals surface area (Å²) in [6.45, 7) is 3.63. The van der Waals surface area contributed by atoms with Crippen LogP contribution in [-0.2, 0) is 17.8 Å². The lowest BCUT2D eigenvalue weighted by atomic mass is 10.1. The molecule has 0 spiro atoms. The van der Waals surface area contributed by atoms with Crippen molar-refractivity contribution in [3.05, 3.63) is 11.6 Å². The summed E-state index contributed by atoms with van der Waals surface area (Å²) in [5.74, 6) is 3.51. The number of amides is 1. The van der Waals surface area contributed by atoms with Crippen molar-refractivity contribution in [2.24, 2.45) is 4.99 Å². The van der Waals surface area contributed by atoms with E-state index in [2.05, 4.69) is 32.0 Å². The van der Waals surface area contributed by atoms with E-state index in [-0.39, 0.29) is 18.5 Å². The minimum atomic E-state index is -0.0150. The number of guanidine groups is 1. The van der Waals surface area contributed by atoms with E-state index in [9.17, 15) is 4.79 Å². The number of hydrogen-bond donors (Lipinski definition) is 2. The molecule has 2 N–H and O–H groups in total. The van der Waals surface area contributed by atoms with Gasteiger partial charge in [0, 0.05) is 38.9 Å². The standard InChI is InChI=1S/C15H27N7OS/c1-11-18-13-6-5-12(10-22(13)20-11)19-15(16-7-8-24-4)17-9-14(23)21(2)3/h12H,5-10H2,1-4H3,(H2,16,17,19). The summed E-state index contributed by atoms with van der Waals surface area (Å²) in [7, 11) is 3.48. The average molecular weight is 353 g/mol. The number of aromatic nitrogens is 3. The van der Waals surface area contributed by atoms with E-state index in [1.165, 1.54) is 0 Å². The lowest BCUT2D eigenvalue weighted by Crippen LogP contribution is -2.48. The van der Waals surface area contributed by atoms with Crippen LogP contribution in [0.3, 0.4) is 0 Å². The largest absolute Gasteiger partial charge is 0.356 e. The van der Waals surface area contributed by atoms with E-state index in [1.54, 1.807) is 30.8 Å². The predicted octanol–water partition coefficient (Wildman–Crippen LogP) is -0.112. The number of nitrogens with one attached hydrogen (secondary N) is 2. The van der Waals surface area contributed by atoms with Gasteiger partial charge in [0.25, 0.3) is 0 Å². The summed E-state index contributed by atoms with van der Waals surface area (Å²) >= 11 is 1.77. The maximum Gasteiger partial charge on any atom is 0.243 e. The van der Waals surface area contributed by atoms with E-state index in [0.717, 1.165) is 43.3 Å². The molecule has 1 unspecified atom stereocenters. The first kappa shape index (κ1) is 18.6. The third-order valence-electron chi connectivity index (χ3n) is 3.77. The van der Waals surface area contributed by atoms with E-state index in [1.807, 2.05) is 11.6 Å². The lowest BCUT2D eigenvalue weighted by Gasteiger charge is -2.25. The Kier molecular flexibility index (Phi) is 6.89. The third kappa shape index (κ3) is 5.40. The Morgan fingerprint density at radius 1 is 1.50 bits per heavy atom. The average Bonchev–Trinajstić information content (AvgIpc) is 2.91. The second-order valence-electron chi connectivity index (χ2n) is 6.01. The van der Waals surface area contributed by atoms with Crippen LogP contribution < -0.4 is 10.6 Å². The smallest absolute Gasteiger partial charge is 0.243 e. The van der Waals surface area contributed by atoms with Crippen LogP contribution in [0.1, 0.15) is 18.1 Å². The van der Waals surface area contributed by atoms with Crippen molar-refractivity contribution in [1.29, 1.82) is 0 Å². The van der Waals surface area contributed by atoms with Gasteiger partial charge in [-0.25, -0.2) is 14.7 Å². The highest BCUT2D eigenvalue weighted by molar-refractivity contribution is 7.98. The minimum absolute atomic E-state index is 0.0150. The van der Waals surface area contributed by atoms with E-state index >= 15 is 0 Å². The molecule has 9 heteroatoms. The summed E-state index contributed by atoms with van der Waals surface area (Å²) in [4.78, 5) is 22.2. The molecule has 0 aliphatic carbocycles. The molecule has 8 nitrogen and oxygen atoms in total. The topological polar surface area (TPSA) is 87.4 Å². The predicted molar refractivity (Wildman–Crippen MR) is 97.4 cm³/mol. The fraction of sp³-hybridized carbons (Fsp3) is 0.733. The van der Waals surface area contributed by atoms with Crippen molar-refractivity contribution in [3.63, 3.8) is 0 Å². The van der Waals surface area contributed by atoms with E-state index in [4.69, 9.17) is 0 Å². The number of likely N-dealkylation sites (N-methyl/N-ethyl adjacent to an activating group) is 1. The van der Waals surface area contributed by atoms with Crippen molar-refractivity contribution in [3.8, 4) is 0 Å². The molecule has 24 heavy (non-hydrogen) atoms. The Balaban J connectivity index is 1.96. The van der Waals surface area contributed by atoms with Gasteiger partial charge in [-0.1, -0.05) is 0 Å². The number of thioether (sulfide) groups is 1. The van der Waals surface area contributed by atoms with Gasteiger partial charge in [-0.3, -0.25) is 4.79 Å². The molecule has 1 aliphatic rings. The first-order valence-corrected chi connectivity index (χ1v) is 9.53. The summed E-state index contributed by atoms with van der Waals surface area (Å²) < 4.78 is 1.96. The fourth-order valence-corrected chi connectivity index (χ4v) is 2.76. The summed E-state index contributed by atoms with van der Waals surface area (Å²) in [5.41, 5.74) is 0. The van der Waals surface area contributed by atoms with Gasteiger partial charge in [-0.15, -0.1) is 0 Å². The van der Waals surface area contributed by atoms with Crippen LogP contribution in [-0.4, -0.2) is 76.8 Å². The van der Waals surface area contributed by atoms with Crippen LogP contribution in [0.15, 0.2) is 4.99 Å². The number of carbonyl (C=O) groups is 1. The molecule has 0 fully saturated rings. The Morgan fingerprint density at radius 2 is 2.29 bits per heavy atom. The second kappa shape index (κ2) is 8.91. The molecule has 1 aliphatic heterocycles. The summed E-state index contributed by atoms with van der Waals surface area (Å²) in [6.07, 6.45) is 3.94. The highest BCUT2D eigenvalue weighted by Gasteiger charge is 2.21. The fourth-order valence-electron chi connectivity index (χ4n) is 2.46. The van der Waals surface area contributed by atoms with Gasteiger partial charge in [0.15, 0.2) is 5.96 Å². The van der Waals surface area contributed by atoms with Crippen molar-refractivity contribution in [2.75, 3.05) is 39.2 Å². The number of nitrogens with zero attached hydrogens (tertiary/aromatic N) is 5. The van der Waals surface area contributed by atoms with Crippen molar-refractivity contribution >= 4 is 23.6 Å². The van der Waals surface area contributed by atoms with Gasteiger partial charge in [0.1, 0.15) is 18.2 Å². The molecule has 0 bridgehead atoms. The van der Waals surface area contributed by atoms with Crippen LogP contribution >= 0.6 is 11.8 Å². The Morgan fingerprint density at radius 3 is 3.00 bits per heavy atom. The summed E-state index contributed by atoms with van der Waals surface area (Å²) in [6, 6.07) is 0.230. The zero-order valence-electron chi connectivity index (χ0n) is 14.9. The van der Waals surface area contributed by atoms with Crippen LogP contribution in [0.5, 0.6) is 0 Å². The van der Waals surface area contributed by atoms with Crippen LogP contribution in [0, 0.1) is 6.92 Å². The van der Waals surface area contributed by atoms with Gasteiger partial charge in [-0.05, 0) is 19.6 Å². The minimum Gasteiger partial charge on any atom is -0.356 e. The van der Waals surface area contributed by atoms with Gasteiger partial charge >= 0.3 is 0 Å². The van der Waals surface area contributed by atoms with E-state index in [0.29, 0.717) is 5.96 Å². The van der Waals surface area contributed by atoms with Gasteiger partial charge in [-0.2, -0.15) is 16.9 Å². The molecule has 0 aromatic carbocycles. The third-order valence-corrected chi connectivity index (χ3v) is 4.39. The second-order valence-corrected chi connectivity index (χ2v) is 7.00. The lowest BCUT2D eigenvalue weighted by molar-refractivity contribution is -0.127. The molecule has 1 atom stereocenters. The van der Waals surface area contributed by atoms with Crippen LogP contribution in [0.25, 0.3) is 0 Å². The number of aliphatic imine (C=N–C) groups is 1. The molecule has 2 rings (SSSR count). The Labute approximate surface area is 147 Å². The van der Waals surface area contributed by atoms with Crippen molar-refractivity contribution in [1.82, 2.24) is 30.3 Å². The Bertz CT molecular complexity index is 584. The number of rotatable bonds is 6. The van der Waals surface area contributed by atoms with Crippen molar-refractivity contribution in [2.45, 2.75) is 32.4 Å². The SMILES string of the molecule is CSCCNC(=NCC(=O)N(C)C)NC1CCc2nc(C)nn2C1. The molecule has 1 amide bonds. The zero-order chi connectivity index (χ0) is 17.5. The first-order chi connectivity index (χ1) is 11.5. The van der Waals surface area contributed by atoms with Gasteiger partial charge < -0.3 is 15.5 Å². The molecule has 0 saturated carbocycles. The van der Waals surface area contributed by atoms with Crippen LogP contribution in [0.4, 0.5) is 0 Å². The highest BCUT2D eigenvalue weighted by atomic mass is 32.2. The molecule has 1 aromatic rings. The zero-order valence-corrected chi connectivity index (χ0v) is 15.7. The molecular formula is C15H27N7OS. The first-order valence-electron chi connectivity index (χ1n) is 8.14. The molecular weight excluding hydrogens is 326 g/mol. The molecule has 0 radical (unpaired) electrons.